The van der Waals surface area contributed by atoms with Gasteiger partial charge in [0.15, 0.2) is 0 Å². The second kappa shape index (κ2) is 5.58. The van der Waals surface area contributed by atoms with Gasteiger partial charge in [0.25, 0.3) is 0 Å². The number of rotatable bonds is 2. The maximum Gasteiger partial charge on any atom is 0.137 e. The summed E-state index contributed by atoms with van der Waals surface area (Å²) in [6.07, 6.45) is 8.24. The number of hydrogen-bond donors (Lipinski definition) is 1. The quantitative estimate of drug-likeness (QED) is 0.898. The Morgan fingerprint density at radius 2 is 1.80 bits per heavy atom. The minimum absolute atomic E-state index is 0.704. The number of aromatic nitrogens is 2. The Bertz CT molecular complexity index is 484. The normalized spacial score (nSPS) is 26.2. The molecule has 2 fully saturated rings. The first kappa shape index (κ1) is 13.7. The summed E-state index contributed by atoms with van der Waals surface area (Å²) in [6.45, 7) is 5.29. The monoisotopic (exact) mass is 274 g/mol. The van der Waals surface area contributed by atoms with Crippen LogP contribution in [-0.2, 0) is 0 Å². The van der Waals surface area contributed by atoms with Gasteiger partial charge in [-0.25, -0.2) is 9.97 Å². The van der Waals surface area contributed by atoms with Gasteiger partial charge in [-0.15, -0.1) is 0 Å². The van der Waals surface area contributed by atoms with E-state index in [1.165, 1.54) is 49.9 Å². The topological polar surface area (TPSA) is 41.1 Å². The first-order valence-electron chi connectivity index (χ1n) is 8.00. The van der Waals surface area contributed by atoms with E-state index in [1.807, 2.05) is 14.0 Å². The predicted octanol–water partition coefficient (Wildman–Crippen LogP) is 3.29. The number of nitrogens with zero attached hydrogens (tertiary/aromatic N) is 3. The molecular formula is C16H26N4. The fraction of sp³-hybridized carbons (Fsp3) is 0.750. The number of anilines is 2. The summed E-state index contributed by atoms with van der Waals surface area (Å²) in [4.78, 5) is 11.9. The molecule has 0 bridgehead atoms. The Hall–Kier alpha value is -1.32. The average molecular weight is 274 g/mol. The van der Waals surface area contributed by atoms with Crippen LogP contribution >= 0.6 is 0 Å². The van der Waals surface area contributed by atoms with Crippen LogP contribution < -0.4 is 10.2 Å². The second-order valence-electron chi connectivity index (χ2n) is 6.27. The molecular weight excluding hydrogens is 248 g/mol. The summed E-state index contributed by atoms with van der Waals surface area (Å²) in [5.41, 5.74) is 1.20. The van der Waals surface area contributed by atoms with Crippen LogP contribution in [0.3, 0.4) is 0 Å². The molecule has 1 saturated carbocycles. The van der Waals surface area contributed by atoms with Gasteiger partial charge in [-0.2, -0.15) is 0 Å². The first-order chi connectivity index (χ1) is 9.70. The number of piperidine rings is 1. The van der Waals surface area contributed by atoms with Gasteiger partial charge in [0.1, 0.15) is 17.5 Å². The van der Waals surface area contributed by atoms with Crippen LogP contribution in [0.25, 0.3) is 0 Å². The van der Waals surface area contributed by atoms with Gasteiger partial charge >= 0.3 is 0 Å². The molecule has 1 aliphatic carbocycles. The molecule has 1 aromatic rings. The molecule has 3 rings (SSSR count). The van der Waals surface area contributed by atoms with E-state index in [1.54, 1.807) is 0 Å². The lowest BCUT2D eigenvalue weighted by Gasteiger charge is -2.45. The van der Waals surface area contributed by atoms with Crippen LogP contribution in [0.1, 0.15) is 49.9 Å². The SMILES string of the molecule is CNc1nc(C)nc(N2CCC[C@H]3CCCC[C@H]32)c1C. The lowest BCUT2D eigenvalue weighted by atomic mass is 9.78. The van der Waals surface area contributed by atoms with E-state index in [0.717, 1.165) is 24.1 Å². The molecule has 2 atom stereocenters. The average Bonchev–Trinajstić information content (AvgIpc) is 2.48. The fourth-order valence-corrected chi connectivity index (χ4v) is 4.02. The summed E-state index contributed by atoms with van der Waals surface area (Å²) >= 11 is 0. The molecule has 110 valence electrons. The smallest absolute Gasteiger partial charge is 0.137 e. The Morgan fingerprint density at radius 3 is 2.60 bits per heavy atom. The van der Waals surface area contributed by atoms with E-state index in [2.05, 4.69) is 22.1 Å². The zero-order valence-electron chi connectivity index (χ0n) is 12.9. The third-order valence-electron chi connectivity index (χ3n) is 4.98. The molecule has 0 spiro atoms. The molecule has 1 aliphatic heterocycles. The largest absolute Gasteiger partial charge is 0.373 e. The number of nitrogens with one attached hydrogen (secondary N) is 1. The van der Waals surface area contributed by atoms with E-state index in [0.29, 0.717) is 6.04 Å². The summed E-state index contributed by atoms with van der Waals surface area (Å²) in [7, 11) is 1.94. The lowest BCUT2D eigenvalue weighted by molar-refractivity contribution is 0.242. The van der Waals surface area contributed by atoms with Crippen molar-refractivity contribution in [2.75, 3.05) is 23.8 Å². The van der Waals surface area contributed by atoms with Crippen molar-refractivity contribution in [3.05, 3.63) is 11.4 Å². The van der Waals surface area contributed by atoms with Crippen molar-refractivity contribution >= 4 is 11.6 Å². The summed E-state index contributed by atoms with van der Waals surface area (Å²) in [5.74, 6) is 3.89. The highest BCUT2D eigenvalue weighted by Gasteiger charge is 2.34. The van der Waals surface area contributed by atoms with Gasteiger partial charge in [0, 0.05) is 25.2 Å². The highest BCUT2D eigenvalue weighted by Crippen LogP contribution is 2.38. The number of fused-ring (bicyclic) bond motifs is 1. The summed E-state index contributed by atoms with van der Waals surface area (Å²) in [6, 6.07) is 0.704. The van der Waals surface area contributed by atoms with Crippen molar-refractivity contribution in [3.63, 3.8) is 0 Å². The van der Waals surface area contributed by atoms with E-state index in [4.69, 9.17) is 4.98 Å². The molecule has 0 radical (unpaired) electrons. The molecule has 4 nitrogen and oxygen atoms in total. The standard InChI is InChI=1S/C16H26N4/c1-11-15(17-3)18-12(2)19-16(11)20-10-6-8-13-7-4-5-9-14(13)20/h13-14H,4-10H2,1-3H3,(H,17,18,19)/t13-,14-/m1/s1. The Morgan fingerprint density at radius 1 is 1.05 bits per heavy atom. The van der Waals surface area contributed by atoms with Crippen molar-refractivity contribution in [3.8, 4) is 0 Å². The molecule has 0 unspecified atom stereocenters. The van der Waals surface area contributed by atoms with Crippen LogP contribution in [0.2, 0.25) is 0 Å². The van der Waals surface area contributed by atoms with E-state index >= 15 is 0 Å². The second-order valence-corrected chi connectivity index (χ2v) is 6.27. The van der Waals surface area contributed by atoms with Crippen LogP contribution in [-0.4, -0.2) is 29.6 Å². The summed E-state index contributed by atoms with van der Waals surface area (Å²) in [5, 5.41) is 3.21. The van der Waals surface area contributed by atoms with Gasteiger partial charge in [-0.05, 0) is 45.4 Å². The Kier molecular flexibility index (Phi) is 3.81. The third-order valence-corrected chi connectivity index (χ3v) is 4.98. The maximum absolute atomic E-state index is 4.77. The van der Waals surface area contributed by atoms with E-state index < -0.39 is 0 Å². The van der Waals surface area contributed by atoms with Gasteiger partial charge in [-0.3, -0.25) is 0 Å². The minimum Gasteiger partial charge on any atom is -0.373 e. The van der Waals surface area contributed by atoms with E-state index in [-0.39, 0.29) is 0 Å². The van der Waals surface area contributed by atoms with Crippen molar-refractivity contribution in [2.24, 2.45) is 5.92 Å². The zero-order chi connectivity index (χ0) is 14.1. The molecule has 2 heterocycles. The van der Waals surface area contributed by atoms with E-state index in [9.17, 15) is 0 Å². The number of aryl methyl sites for hydroxylation is 1. The van der Waals surface area contributed by atoms with Crippen molar-refractivity contribution < 1.29 is 0 Å². The van der Waals surface area contributed by atoms with Gasteiger partial charge in [-0.1, -0.05) is 12.8 Å². The van der Waals surface area contributed by atoms with Crippen LogP contribution in [0.4, 0.5) is 11.6 Å². The molecule has 1 aromatic heterocycles. The lowest BCUT2D eigenvalue weighted by Crippen LogP contribution is -2.47. The molecule has 0 aromatic carbocycles. The summed E-state index contributed by atoms with van der Waals surface area (Å²) < 4.78 is 0. The number of hydrogen-bond acceptors (Lipinski definition) is 4. The zero-order valence-corrected chi connectivity index (χ0v) is 12.9. The van der Waals surface area contributed by atoms with Gasteiger partial charge in [0.05, 0.1) is 0 Å². The third kappa shape index (κ3) is 2.36. The molecule has 1 N–H and O–H groups in total. The Labute approximate surface area is 122 Å². The highest BCUT2D eigenvalue weighted by atomic mass is 15.2. The first-order valence-corrected chi connectivity index (χ1v) is 8.00. The molecule has 1 saturated heterocycles. The van der Waals surface area contributed by atoms with Gasteiger partial charge in [0.2, 0.25) is 0 Å². The van der Waals surface area contributed by atoms with Crippen LogP contribution in [0.15, 0.2) is 0 Å². The molecule has 20 heavy (non-hydrogen) atoms. The van der Waals surface area contributed by atoms with Crippen LogP contribution in [0, 0.1) is 19.8 Å². The van der Waals surface area contributed by atoms with Crippen molar-refractivity contribution in [1.29, 1.82) is 0 Å². The highest BCUT2D eigenvalue weighted by molar-refractivity contribution is 5.59. The van der Waals surface area contributed by atoms with Crippen molar-refractivity contribution in [1.82, 2.24) is 9.97 Å². The van der Waals surface area contributed by atoms with Crippen LogP contribution in [0.5, 0.6) is 0 Å². The van der Waals surface area contributed by atoms with Gasteiger partial charge < -0.3 is 10.2 Å². The fourth-order valence-electron chi connectivity index (χ4n) is 4.02. The van der Waals surface area contributed by atoms with Crippen molar-refractivity contribution in [2.45, 2.75) is 58.4 Å². The Balaban J connectivity index is 1.96. The maximum atomic E-state index is 4.77. The predicted molar refractivity (Wildman–Crippen MR) is 83.4 cm³/mol. The minimum atomic E-state index is 0.704. The molecule has 0 amide bonds. The molecule has 4 heteroatoms. The molecule has 2 aliphatic rings.